The molecule has 0 saturated heterocycles. The van der Waals surface area contributed by atoms with Gasteiger partial charge in [0, 0.05) is 12.6 Å². The van der Waals surface area contributed by atoms with Gasteiger partial charge < -0.3 is 10.4 Å². The van der Waals surface area contributed by atoms with Gasteiger partial charge in [0.1, 0.15) is 0 Å². The van der Waals surface area contributed by atoms with Crippen LogP contribution in [-0.4, -0.2) is 18.3 Å². The Balaban J connectivity index is 2.16. The predicted octanol–water partition coefficient (Wildman–Crippen LogP) is 3.21. The molecule has 15 heavy (non-hydrogen) atoms. The minimum Gasteiger partial charge on any atom is -0.396 e. The van der Waals surface area contributed by atoms with Crippen molar-refractivity contribution in [3.8, 4) is 0 Å². The van der Waals surface area contributed by atoms with E-state index in [-0.39, 0.29) is 0 Å². The van der Waals surface area contributed by atoms with Crippen LogP contribution in [0.1, 0.15) is 37.8 Å². The number of rotatable bonds is 7. The van der Waals surface area contributed by atoms with Crippen molar-refractivity contribution in [2.75, 3.05) is 13.2 Å². The molecule has 1 aromatic rings. The van der Waals surface area contributed by atoms with E-state index >= 15 is 0 Å². The first-order valence-corrected chi connectivity index (χ1v) is 6.58. The van der Waals surface area contributed by atoms with Gasteiger partial charge in [-0.1, -0.05) is 11.6 Å². The standard InChI is InChI=1S/C11H18ClNOS/c1-9(10-7-11(12)15-8-10)13-5-3-2-4-6-14/h7-9,13-14H,2-6H2,1H3. The Morgan fingerprint density at radius 3 is 2.87 bits per heavy atom. The van der Waals surface area contributed by atoms with Gasteiger partial charge in [-0.15, -0.1) is 11.3 Å². The third kappa shape index (κ3) is 4.98. The van der Waals surface area contributed by atoms with E-state index in [2.05, 4.69) is 17.6 Å². The maximum atomic E-state index is 8.62. The van der Waals surface area contributed by atoms with Crippen LogP contribution >= 0.6 is 22.9 Å². The van der Waals surface area contributed by atoms with Crippen LogP contribution in [0.4, 0.5) is 0 Å². The van der Waals surface area contributed by atoms with E-state index in [1.54, 1.807) is 11.3 Å². The number of hydrogen-bond acceptors (Lipinski definition) is 3. The third-order valence-electron chi connectivity index (χ3n) is 2.37. The Hall–Kier alpha value is -0.0900. The highest BCUT2D eigenvalue weighted by atomic mass is 35.5. The predicted molar refractivity (Wildman–Crippen MR) is 66.7 cm³/mol. The fourth-order valence-electron chi connectivity index (χ4n) is 1.40. The lowest BCUT2D eigenvalue weighted by molar-refractivity contribution is 0.282. The molecule has 4 heteroatoms. The summed E-state index contributed by atoms with van der Waals surface area (Å²) in [6, 6.07) is 2.38. The van der Waals surface area contributed by atoms with Gasteiger partial charge in [0.25, 0.3) is 0 Å². The highest BCUT2D eigenvalue weighted by Gasteiger charge is 2.05. The summed E-state index contributed by atoms with van der Waals surface area (Å²) in [5.41, 5.74) is 1.26. The lowest BCUT2D eigenvalue weighted by atomic mass is 10.1. The number of aliphatic hydroxyl groups is 1. The molecular weight excluding hydrogens is 230 g/mol. The number of halogens is 1. The molecule has 0 aliphatic carbocycles. The van der Waals surface area contributed by atoms with Gasteiger partial charge in [-0.25, -0.2) is 0 Å². The number of nitrogens with one attached hydrogen (secondary N) is 1. The van der Waals surface area contributed by atoms with Gasteiger partial charge in [-0.3, -0.25) is 0 Å². The first-order valence-electron chi connectivity index (χ1n) is 5.32. The van der Waals surface area contributed by atoms with E-state index in [0.717, 1.165) is 30.1 Å². The van der Waals surface area contributed by atoms with Crippen molar-refractivity contribution < 1.29 is 5.11 Å². The van der Waals surface area contributed by atoms with Crippen LogP contribution in [0.3, 0.4) is 0 Å². The fourth-order valence-corrected chi connectivity index (χ4v) is 2.39. The van der Waals surface area contributed by atoms with Crippen molar-refractivity contribution in [2.45, 2.75) is 32.2 Å². The first kappa shape index (κ1) is 13.0. The lowest BCUT2D eigenvalue weighted by Crippen LogP contribution is -2.19. The number of hydrogen-bond donors (Lipinski definition) is 2. The lowest BCUT2D eigenvalue weighted by Gasteiger charge is -2.11. The molecule has 0 aromatic carbocycles. The summed E-state index contributed by atoms with van der Waals surface area (Å²) < 4.78 is 0.846. The highest BCUT2D eigenvalue weighted by molar-refractivity contribution is 7.14. The second-order valence-electron chi connectivity index (χ2n) is 3.64. The minimum atomic E-state index is 0.301. The summed E-state index contributed by atoms with van der Waals surface area (Å²) in [5, 5.41) is 14.2. The molecule has 0 bridgehead atoms. The van der Waals surface area contributed by atoms with Gasteiger partial charge >= 0.3 is 0 Å². The van der Waals surface area contributed by atoms with E-state index < -0.39 is 0 Å². The molecule has 1 heterocycles. The fraction of sp³-hybridized carbons (Fsp3) is 0.636. The summed E-state index contributed by atoms with van der Waals surface area (Å²) in [7, 11) is 0. The van der Waals surface area contributed by atoms with Crippen LogP contribution in [-0.2, 0) is 0 Å². The first-order chi connectivity index (χ1) is 7.24. The smallest absolute Gasteiger partial charge is 0.0931 e. The van der Waals surface area contributed by atoms with Gasteiger partial charge in [0.15, 0.2) is 0 Å². The van der Waals surface area contributed by atoms with Crippen molar-refractivity contribution in [3.05, 3.63) is 21.3 Å². The summed E-state index contributed by atoms with van der Waals surface area (Å²) in [4.78, 5) is 0. The molecular formula is C11H18ClNOS. The molecule has 1 rings (SSSR count). The molecule has 1 atom stereocenters. The molecule has 2 nitrogen and oxygen atoms in total. The monoisotopic (exact) mass is 247 g/mol. The summed E-state index contributed by atoms with van der Waals surface area (Å²) in [6.07, 6.45) is 3.10. The Morgan fingerprint density at radius 1 is 1.47 bits per heavy atom. The zero-order valence-electron chi connectivity index (χ0n) is 9.00. The van der Waals surface area contributed by atoms with Crippen molar-refractivity contribution in [3.63, 3.8) is 0 Å². The summed E-state index contributed by atoms with van der Waals surface area (Å²) in [6.45, 7) is 3.44. The molecule has 0 aliphatic rings. The molecule has 86 valence electrons. The van der Waals surface area contributed by atoms with Crippen molar-refractivity contribution in [2.24, 2.45) is 0 Å². The zero-order chi connectivity index (χ0) is 11.1. The van der Waals surface area contributed by atoms with Crippen LogP contribution < -0.4 is 5.32 Å². The van der Waals surface area contributed by atoms with Crippen LogP contribution in [0.15, 0.2) is 11.4 Å². The van der Waals surface area contributed by atoms with Crippen LogP contribution in [0.2, 0.25) is 4.34 Å². The average Bonchev–Trinajstić information content (AvgIpc) is 2.64. The van der Waals surface area contributed by atoms with E-state index in [1.165, 1.54) is 5.56 Å². The zero-order valence-corrected chi connectivity index (χ0v) is 10.6. The molecule has 0 spiro atoms. The molecule has 0 amide bonds. The van der Waals surface area contributed by atoms with Crippen LogP contribution in [0, 0.1) is 0 Å². The molecule has 0 saturated carbocycles. The SMILES string of the molecule is CC(NCCCCCO)c1csc(Cl)c1. The van der Waals surface area contributed by atoms with Crippen LogP contribution in [0.5, 0.6) is 0 Å². The normalized spacial score (nSPS) is 13.0. The van der Waals surface area contributed by atoms with Crippen molar-refractivity contribution >= 4 is 22.9 Å². The Bertz CT molecular complexity index is 277. The topological polar surface area (TPSA) is 32.3 Å². The molecule has 0 aliphatic heterocycles. The minimum absolute atomic E-state index is 0.301. The molecule has 1 aromatic heterocycles. The maximum Gasteiger partial charge on any atom is 0.0931 e. The molecule has 0 radical (unpaired) electrons. The van der Waals surface area contributed by atoms with E-state index in [4.69, 9.17) is 16.7 Å². The highest BCUT2D eigenvalue weighted by Crippen LogP contribution is 2.24. The third-order valence-corrected chi connectivity index (χ3v) is 3.48. The molecule has 1 unspecified atom stereocenters. The maximum absolute atomic E-state index is 8.62. The van der Waals surface area contributed by atoms with Gasteiger partial charge in [-0.2, -0.15) is 0 Å². The van der Waals surface area contributed by atoms with E-state index in [9.17, 15) is 0 Å². The van der Waals surface area contributed by atoms with Gasteiger partial charge in [-0.05, 0) is 49.7 Å². The van der Waals surface area contributed by atoms with E-state index in [0.29, 0.717) is 12.6 Å². The van der Waals surface area contributed by atoms with Crippen LogP contribution in [0.25, 0.3) is 0 Å². The Morgan fingerprint density at radius 2 is 2.27 bits per heavy atom. The van der Waals surface area contributed by atoms with Crippen molar-refractivity contribution in [1.29, 1.82) is 0 Å². The number of unbranched alkanes of at least 4 members (excludes halogenated alkanes) is 2. The Labute approximate surface area is 100 Å². The van der Waals surface area contributed by atoms with Crippen molar-refractivity contribution in [1.82, 2.24) is 5.32 Å². The second-order valence-corrected chi connectivity index (χ2v) is 5.19. The molecule has 2 N–H and O–H groups in total. The van der Waals surface area contributed by atoms with Gasteiger partial charge in [0.2, 0.25) is 0 Å². The molecule has 0 fully saturated rings. The average molecular weight is 248 g/mol. The number of aliphatic hydroxyl groups excluding tert-OH is 1. The quantitative estimate of drug-likeness (QED) is 0.726. The largest absolute Gasteiger partial charge is 0.396 e. The summed E-state index contributed by atoms with van der Waals surface area (Å²) >= 11 is 7.44. The second kappa shape index (κ2) is 7.23. The van der Waals surface area contributed by atoms with Gasteiger partial charge in [0.05, 0.1) is 4.34 Å². The Kier molecular flexibility index (Phi) is 6.25. The number of thiophene rings is 1. The van der Waals surface area contributed by atoms with E-state index in [1.807, 2.05) is 6.07 Å². The summed E-state index contributed by atoms with van der Waals surface area (Å²) in [5.74, 6) is 0.